The molecule has 5 heteroatoms. The first-order valence-electron chi connectivity index (χ1n) is 8.71. The quantitative estimate of drug-likeness (QED) is 0.804. The van der Waals surface area contributed by atoms with E-state index in [0.717, 1.165) is 36.1 Å². The molecular formula is C20H24N2O2S. The summed E-state index contributed by atoms with van der Waals surface area (Å²) in [5, 5.41) is 4.12. The fraction of sp³-hybridized carbons (Fsp3) is 0.350. The van der Waals surface area contributed by atoms with E-state index in [1.807, 2.05) is 30.3 Å². The predicted octanol–water partition coefficient (Wildman–Crippen LogP) is 3.27. The Morgan fingerprint density at radius 1 is 1.12 bits per heavy atom. The van der Waals surface area contributed by atoms with Gasteiger partial charge < -0.3 is 19.7 Å². The summed E-state index contributed by atoms with van der Waals surface area (Å²) in [6.07, 6.45) is 0.929. The van der Waals surface area contributed by atoms with Crippen molar-refractivity contribution in [3.8, 4) is 11.5 Å². The van der Waals surface area contributed by atoms with E-state index in [1.54, 1.807) is 0 Å². The number of hydrogen-bond acceptors (Lipinski definition) is 3. The van der Waals surface area contributed by atoms with E-state index in [9.17, 15) is 0 Å². The second-order valence-electron chi connectivity index (χ2n) is 6.00. The van der Waals surface area contributed by atoms with E-state index < -0.39 is 0 Å². The van der Waals surface area contributed by atoms with Gasteiger partial charge in [-0.3, -0.25) is 0 Å². The minimum atomic E-state index is -0.0243. The maximum Gasteiger partial charge on any atom is 0.169 e. The molecule has 0 saturated heterocycles. The standard InChI is InChI=1S/C20H24N2O2S/c1-2-22(20(25)21-13-12-16-8-4-3-5-9-16)14-17-15-23-18-10-6-7-11-19(18)24-17/h3-11,17H,2,12-15H2,1H3,(H,21,25). The Balaban J connectivity index is 1.48. The molecule has 4 nitrogen and oxygen atoms in total. The molecule has 0 bridgehead atoms. The molecule has 0 saturated carbocycles. The van der Waals surface area contributed by atoms with Crippen LogP contribution in [0.3, 0.4) is 0 Å². The summed E-state index contributed by atoms with van der Waals surface area (Å²) in [7, 11) is 0. The van der Waals surface area contributed by atoms with Crippen LogP contribution in [0.25, 0.3) is 0 Å². The van der Waals surface area contributed by atoms with Crippen molar-refractivity contribution in [2.45, 2.75) is 19.4 Å². The maximum atomic E-state index is 6.03. The molecule has 0 fully saturated rings. The highest BCUT2D eigenvalue weighted by atomic mass is 32.1. The maximum absolute atomic E-state index is 6.03. The van der Waals surface area contributed by atoms with E-state index >= 15 is 0 Å². The van der Waals surface area contributed by atoms with Crippen LogP contribution in [0, 0.1) is 0 Å². The Labute approximate surface area is 154 Å². The van der Waals surface area contributed by atoms with Crippen LogP contribution in [0.1, 0.15) is 12.5 Å². The third kappa shape index (κ3) is 4.86. The Morgan fingerprint density at radius 3 is 2.60 bits per heavy atom. The van der Waals surface area contributed by atoms with Crippen molar-refractivity contribution in [1.29, 1.82) is 0 Å². The lowest BCUT2D eigenvalue weighted by molar-refractivity contribution is 0.0748. The van der Waals surface area contributed by atoms with E-state index in [-0.39, 0.29) is 6.10 Å². The van der Waals surface area contributed by atoms with E-state index in [0.29, 0.717) is 13.2 Å². The zero-order chi connectivity index (χ0) is 17.5. The fourth-order valence-electron chi connectivity index (χ4n) is 2.82. The second-order valence-corrected chi connectivity index (χ2v) is 6.39. The van der Waals surface area contributed by atoms with Crippen LogP contribution in [0.4, 0.5) is 0 Å². The highest BCUT2D eigenvalue weighted by Gasteiger charge is 2.23. The molecular weight excluding hydrogens is 332 g/mol. The van der Waals surface area contributed by atoms with Crippen molar-refractivity contribution < 1.29 is 9.47 Å². The summed E-state index contributed by atoms with van der Waals surface area (Å²) in [4.78, 5) is 2.13. The third-order valence-electron chi connectivity index (χ3n) is 4.19. The molecule has 1 aliphatic heterocycles. The molecule has 1 unspecified atom stereocenters. The van der Waals surface area contributed by atoms with Crippen molar-refractivity contribution in [2.24, 2.45) is 0 Å². The monoisotopic (exact) mass is 356 g/mol. The molecule has 1 N–H and O–H groups in total. The topological polar surface area (TPSA) is 33.7 Å². The number of nitrogens with zero attached hydrogens (tertiary/aromatic N) is 1. The zero-order valence-corrected chi connectivity index (χ0v) is 15.3. The number of thiocarbonyl (C=S) groups is 1. The number of nitrogens with one attached hydrogen (secondary N) is 1. The summed E-state index contributed by atoms with van der Waals surface area (Å²) >= 11 is 5.55. The molecule has 2 aromatic rings. The number of para-hydroxylation sites is 2. The van der Waals surface area contributed by atoms with E-state index in [4.69, 9.17) is 21.7 Å². The molecule has 0 spiro atoms. The summed E-state index contributed by atoms with van der Waals surface area (Å²) in [6.45, 7) is 5.01. The van der Waals surface area contributed by atoms with Crippen molar-refractivity contribution in [3.63, 3.8) is 0 Å². The Kier molecular flexibility index (Phi) is 6.12. The van der Waals surface area contributed by atoms with Gasteiger partial charge in [-0.05, 0) is 43.3 Å². The minimum absolute atomic E-state index is 0.0243. The van der Waals surface area contributed by atoms with Crippen LogP contribution in [0.5, 0.6) is 11.5 Å². The first-order valence-corrected chi connectivity index (χ1v) is 9.12. The average Bonchev–Trinajstić information content (AvgIpc) is 2.66. The highest BCUT2D eigenvalue weighted by molar-refractivity contribution is 7.80. The van der Waals surface area contributed by atoms with Gasteiger partial charge in [0.2, 0.25) is 0 Å². The molecule has 2 aromatic carbocycles. The number of hydrogen-bond donors (Lipinski definition) is 1. The molecule has 3 rings (SSSR count). The number of rotatable bonds is 6. The van der Waals surface area contributed by atoms with Crippen LogP contribution < -0.4 is 14.8 Å². The number of fused-ring (bicyclic) bond motifs is 1. The molecule has 1 heterocycles. The van der Waals surface area contributed by atoms with Gasteiger partial charge in [0.15, 0.2) is 22.7 Å². The number of likely N-dealkylation sites (N-methyl/N-ethyl adjacent to an activating group) is 1. The van der Waals surface area contributed by atoms with Crippen LogP contribution in [-0.4, -0.2) is 42.4 Å². The van der Waals surface area contributed by atoms with Gasteiger partial charge in [0.05, 0.1) is 6.54 Å². The van der Waals surface area contributed by atoms with Crippen molar-refractivity contribution in [3.05, 3.63) is 60.2 Å². The fourth-order valence-corrected chi connectivity index (χ4v) is 3.13. The van der Waals surface area contributed by atoms with Crippen LogP contribution >= 0.6 is 12.2 Å². The van der Waals surface area contributed by atoms with Crippen molar-refractivity contribution in [1.82, 2.24) is 10.2 Å². The third-order valence-corrected chi connectivity index (χ3v) is 4.60. The van der Waals surface area contributed by atoms with Crippen LogP contribution in [0.15, 0.2) is 54.6 Å². The normalized spacial score (nSPS) is 15.5. The van der Waals surface area contributed by atoms with Crippen LogP contribution in [-0.2, 0) is 6.42 Å². The zero-order valence-electron chi connectivity index (χ0n) is 14.5. The molecule has 132 valence electrons. The molecule has 0 amide bonds. The number of benzene rings is 2. The predicted molar refractivity (Wildman–Crippen MR) is 104 cm³/mol. The molecule has 1 aliphatic rings. The summed E-state index contributed by atoms with van der Waals surface area (Å²) in [6, 6.07) is 18.2. The summed E-state index contributed by atoms with van der Waals surface area (Å²) in [5.74, 6) is 1.61. The van der Waals surface area contributed by atoms with Crippen molar-refractivity contribution in [2.75, 3.05) is 26.2 Å². The van der Waals surface area contributed by atoms with Gasteiger partial charge in [-0.1, -0.05) is 42.5 Å². The second kappa shape index (κ2) is 8.72. The summed E-state index contributed by atoms with van der Waals surface area (Å²) in [5.41, 5.74) is 1.31. The van der Waals surface area contributed by atoms with Gasteiger partial charge in [-0.2, -0.15) is 0 Å². The number of ether oxygens (including phenoxy) is 2. The minimum Gasteiger partial charge on any atom is -0.486 e. The Bertz CT molecular complexity index is 693. The van der Waals surface area contributed by atoms with Gasteiger partial charge in [0.1, 0.15) is 6.61 Å². The average molecular weight is 356 g/mol. The van der Waals surface area contributed by atoms with Crippen molar-refractivity contribution >= 4 is 17.3 Å². The van der Waals surface area contributed by atoms with Gasteiger partial charge in [0.25, 0.3) is 0 Å². The van der Waals surface area contributed by atoms with Gasteiger partial charge in [0, 0.05) is 13.1 Å². The SMILES string of the molecule is CCN(CC1COc2ccccc2O1)C(=S)NCCc1ccccc1. The van der Waals surface area contributed by atoms with Crippen LogP contribution in [0.2, 0.25) is 0 Å². The van der Waals surface area contributed by atoms with Gasteiger partial charge in [-0.25, -0.2) is 0 Å². The molecule has 0 aliphatic carbocycles. The summed E-state index contributed by atoms with van der Waals surface area (Å²) < 4.78 is 11.8. The van der Waals surface area contributed by atoms with Gasteiger partial charge >= 0.3 is 0 Å². The molecule has 1 atom stereocenters. The first-order chi connectivity index (χ1) is 12.3. The molecule has 0 radical (unpaired) electrons. The molecule has 25 heavy (non-hydrogen) atoms. The lowest BCUT2D eigenvalue weighted by Crippen LogP contribution is -2.47. The first kappa shape index (κ1) is 17.5. The lowest BCUT2D eigenvalue weighted by atomic mass is 10.1. The largest absolute Gasteiger partial charge is 0.486 e. The molecule has 0 aromatic heterocycles. The Hall–Kier alpha value is -2.27. The lowest BCUT2D eigenvalue weighted by Gasteiger charge is -2.32. The van der Waals surface area contributed by atoms with E-state index in [2.05, 4.69) is 41.4 Å². The highest BCUT2D eigenvalue weighted by Crippen LogP contribution is 2.30. The smallest absolute Gasteiger partial charge is 0.169 e. The van der Waals surface area contributed by atoms with E-state index in [1.165, 1.54) is 5.56 Å². The Morgan fingerprint density at radius 2 is 1.84 bits per heavy atom. The van der Waals surface area contributed by atoms with Gasteiger partial charge in [-0.15, -0.1) is 0 Å².